The van der Waals surface area contributed by atoms with Crippen LogP contribution < -0.4 is 14.4 Å². The molecule has 50 heavy (non-hydrogen) atoms. The molecule has 10 heteroatoms. The van der Waals surface area contributed by atoms with Gasteiger partial charge in [-0.15, -0.1) is 0 Å². The van der Waals surface area contributed by atoms with E-state index in [2.05, 4.69) is 38.6 Å². The Kier molecular flexibility index (Phi) is 9.21. The van der Waals surface area contributed by atoms with Gasteiger partial charge in [0.05, 0.1) is 17.5 Å². The Morgan fingerprint density at radius 2 is 1.82 bits per heavy atom. The zero-order valence-corrected chi connectivity index (χ0v) is 31.7. The second-order valence-corrected chi connectivity index (χ2v) is 19.5. The number of halogens is 1. The molecule has 2 saturated heterocycles. The highest BCUT2D eigenvalue weighted by Gasteiger charge is 2.50. The molecule has 1 N–H and O–H groups in total. The van der Waals surface area contributed by atoms with Crippen LogP contribution in [0.25, 0.3) is 0 Å². The number of sulfonamides is 1. The Morgan fingerprint density at radius 3 is 2.58 bits per heavy atom. The lowest BCUT2D eigenvalue weighted by atomic mass is 9.64. The summed E-state index contributed by atoms with van der Waals surface area (Å²) in [4.78, 5) is 21.4. The van der Waals surface area contributed by atoms with Gasteiger partial charge in [-0.3, -0.25) is 14.6 Å². The molecule has 2 bridgehead atoms. The maximum absolute atomic E-state index is 13.6. The maximum atomic E-state index is 13.6. The Labute approximate surface area is 304 Å². The molecule has 4 unspecified atom stereocenters. The van der Waals surface area contributed by atoms with Crippen LogP contribution in [0.2, 0.25) is 5.02 Å². The first-order valence-corrected chi connectivity index (χ1v) is 21.2. The number of aryl methyl sites for hydroxylation is 1. The number of nitrogens with zero attached hydrogens (tertiary/aromatic N) is 3. The molecule has 8 rings (SSSR count). The summed E-state index contributed by atoms with van der Waals surface area (Å²) in [5.74, 6) is 1.92. The first-order valence-electron chi connectivity index (χ1n) is 19.3. The van der Waals surface area contributed by atoms with Crippen LogP contribution in [-0.4, -0.2) is 87.8 Å². The zero-order valence-electron chi connectivity index (χ0n) is 30.1. The molecule has 8 nitrogen and oxygen atoms in total. The molecule has 0 aromatic heterocycles. The first kappa shape index (κ1) is 34.7. The molecule has 1 amide bonds. The minimum Gasteiger partial charge on any atom is -0.490 e. The number of hydrogen-bond acceptors (Lipinski definition) is 7. The number of carbonyl (C=O) groups excluding carboxylic acids is 1. The van der Waals surface area contributed by atoms with Gasteiger partial charge in [0.15, 0.2) is 0 Å². The Bertz CT molecular complexity index is 1730. The normalized spacial score (nSPS) is 34.1. The van der Waals surface area contributed by atoms with Gasteiger partial charge in [0.1, 0.15) is 5.75 Å². The van der Waals surface area contributed by atoms with Crippen LogP contribution in [0.3, 0.4) is 0 Å². The number of rotatable bonds is 2. The van der Waals surface area contributed by atoms with Crippen LogP contribution in [0.1, 0.15) is 93.1 Å². The fourth-order valence-corrected chi connectivity index (χ4v) is 12.2. The molecule has 6 aliphatic rings. The second-order valence-electron chi connectivity index (χ2n) is 17.1. The van der Waals surface area contributed by atoms with Gasteiger partial charge in [-0.25, -0.2) is 13.1 Å². The number of carbonyl (C=O) groups is 1. The number of anilines is 1. The molecule has 2 aromatic carbocycles. The van der Waals surface area contributed by atoms with Gasteiger partial charge >= 0.3 is 0 Å². The number of ether oxygens (including phenoxy) is 1. The summed E-state index contributed by atoms with van der Waals surface area (Å²) in [5, 5.41) is 0.108. The van der Waals surface area contributed by atoms with E-state index >= 15 is 0 Å². The summed E-state index contributed by atoms with van der Waals surface area (Å²) < 4.78 is 36.2. The van der Waals surface area contributed by atoms with Gasteiger partial charge in [0, 0.05) is 54.3 Å². The maximum Gasteiger partial charge on any atom is 0.264 e. The molecule has 2 aliphatic carbocycles. The van der Waals surface area contributed by atoms with Gasteiger partial charge in [0.25, 0.3) is 5.91 Å². The fraction of sp³-hybridized carbons (Fsp3) is 0.675. The molecule has 4 aliphatic heterocycles. The van der Waals surface area contributed by atoms with Gasteiger partial charge in [0.2, 0.25) is 10.0 Å². The van der Waals surface area contributed by atoms with Gasteiger partial charge in [-0.1, -0.05) is 31.0 Å². The largest absolute Gasteiger partial charge is 0.490 e. The standard InChI is InChI=1S/C40H55ClN4O4S/c1-27-7-4-8-31(21-44-24-40(25-44)17-6-18-43(40)3)34-13-10-32(34)22-45-23-39(16-5-9-29-19-33(41)12-14-35(29)39)26-49-37-15-11-30(20-36(37)45)38(46)42-50(47,48)28(27)2/h11-12,14-15,19-20,27-28,31-32,34H,4-10,13,16-18,21-26H2,1-3H3,(H,42,46)/t27?,28?,31-,32?,34?,39-/m0/s1. The van der Waals surface area contributed by atoms with Crippen molar-refractivity contribution in [3.05, 3.63) is 58.1 Å². The SMILES string of the molecule is CC1CCC[C@@H](CN2CC3(CCCN3C)C2)C2CCC2CN2C[C@@]3(CCCc4cc(Cl)ccc43)COc3ccc(cc32)C(=O)NS(=O)(=O)C1C. The van der Waals surface area contributed by atoms with Crippen molar-refractivity contribution in [1.29, 1.82) is 0 Å². The predicted molar refractivity (Wildman–Crippen MR) is 200 cm³/mol. The van der Waals surface area contributed by atoms with Crippen molar-refractivity contribution in [1.82, 2.24) is 14.5 Å². The minimum absolute atomic E-state index is 0.0501. The van der Waals surface area contributed by atoms with E-state index in [0.717, 1.165) is 74.6 Å². The van der Waals surface area contributed by atoms with Crippen molar-refractivity contribution in [2.45, 2.75) is 94.3 Å². The van der Waals surface area contributed by atoms with Gasteiger partial charge in [-0.2, -0.15) is 0 Å². The quantitative estimate of drug-likeness (QED) is 0.379. The fourth-order valence-electron chi connectivity index (χ4n) is 10.7. The third-order valence-electron chi connectivity index (χ3n) is 14.1. The average Bonchev–Trinajstić information content (AvgIpc) is 3.37. The number of nitrogens with one attached hydrogen (secondary N) is 1. The topological polar surface area (TPSA) is 82.2 Å². The Hall–Kier alpha value is -2.33. The number of likely N-dealkylation sites (tertiary alicyclic amines) is 2. The van der Waals surface area contributed by atoms with E-state index in [0.29, 0.717) is 35.5 Å². The summed E-state index contributed by atoms with van der Waals surface area (Å²) in [7, 11) is -1.56. The summed E-state index contributed by atoms with van der Waals surface area (Å²) >= 11 is 6.49. The smallest absolute Gasteiger partial charge is 0.264 e. The van der Waals surface area contributed by atoms with E-state index in [4.69, 9.17) is 16.3 Å². The first-order chi connectivity index (χ1) is 24.0. The summed E-state index contributed by atoms with van der Waals surface area (Å²) in [6.45, 7) is 10.7. The molecule has 3 fully saturated rings. The molecular formula is C40H55ClN4O4S. The molecule has 4 heterocycles. The zero-order chi connectivity index (χ0) is 34.8. The van der Waals surface area contributed by atoms with Crippen molar-refractivity contribution < 1.29 is 17.9 Å². The highest BCUT2D eigenvalue weighted by Crippen LogP contribution is 2.49. The van der Waals surface area contributed by atoms with E-state index in [-0.39, 0.29) is 11.3 Å². The minimum atomic E-state index is -3.86. The van der Waals surface area contributed by atoms with Gasteiger partial charge < -0.3 is 9.64 Å². The van der Waals surface area contributed by atoms with Crippen LogP contribution in [0.4, 0.5) is 5.69 Å². The third-order valence-corrected chi connectivity index (χ3v) is 16.2. The lowest BCUT2D eigenvalue weighted by Gasteiger charge is -2.54. The van der Waals surface area contributed by atoms with Gasteiger partial charge in [-0.05, 0) is 143 Å². The number of benzene rings is 2. The van der Waals surface area contributed by atoms with Crippen LogP contribution in [0.15, 0.2) is 36.4 Å². The molecule has 272 valence electrons. The summed E-state index contributed by atoms with van der Waals surface area (Å²) in [5.41, 5.74) is 4.06. The molecule has 0 radical (unpaired) electrons. The Morgan fingerprint density at radius 1 is 0.980 bits per heavy atom. The lowest BCUT2D eigenvalue weighted by Crippen LogP contribution is -2.67. The van der Waals surface area contributed by atoms with E-state index in [1.165, 1.54) is 56.4 Å². The highest BCUT2D eigenvalue weighted by atomic mass is 35.5. The molecular weight excluding hydrogens is 668 g/mol. The Balaban J connectivity index is 1.14. The van der Waals surface area contributed by atoms with Crippen molar-refractivity contribution in [2.75, 3.05) is 57.8 Å². The average molecular weight is 723 g/mol. The predicted octanol–water partition coefficient (Wildman–Crippen LogP) is 6.50. The number of hydrogen-bond donors (Lipinski definition) is 1. The summed E-state index contributed by atoms with van der Waals surface area (Å²) in [6, 6.07) is 11.8. The van der Waals surface area contributed by atoms with E-state index < -0.39 is 21.2 Å². The molecule has 2 spiro atoms. The molecule has 1 saturated carbocycles. The van der Waals surface area contributed by atoms with Crippen LogP contribution >= 0.6 is 11.6 Å². The van der Waals surface area contributed by atoms with E-state index in [9.17, 15) is 13.2 Å². The van der Waals surface area contributed by atoms with Crippen LogP contribution in [0.5, 0.6) is 5.75 Å². The van der Waals surface area contributed by atoms with Crippen molar-refractivity contribution in [3.63, 3.8) is 0 Å². The number of fused-ring (bicyclic) bond motifs is 4. The van der Waals surface area contributed by atoms with Crippen LogP contribution in [0, 0.1) is 23.7 Å². The van der Waals surface area contributed by atoms with Crippen molar-refractivity contribution in [3.8, 4) is 5.75 Å². The van der Waals surface area contributed by atoms with Crippen molar-refractivity contribution in [2.24, 2.45) is 23.7 Å². The van der Waals surface area contributed by atoms with E-state index in [1.807, 2.05) is 25.1 Å². The molecule has 6 atom stereocenters. The summed E-state index contributed by atoms with van der Waals surface area (Å²) in [6.07, 6.45) is 11.2. The second kappa shape index (κ2) is 13.3. The van der Waals surface area contributed by atoms with E-state index in [1.54, 1.807) is 13.0 Å². The number of likely N-dealkylation sites (N-methyl/N-ethyl adjacent to an activating group) is 1. The molecule has 2 aromatic rings. The highest BCUT2D eigenvalue weighted by molar-refractivity contribution is 7.90. The monoisotopic (exact) mass is 722 g/mol. The van der Waals surface area contributed by atoms with Crippen LogP contribution in [-0.2, 0) is 21.9 Å². The lowest BCUT2D eigenvalue weighted by molar-refractivity contribution is -0.0413. The number of amides is 1. The third kappa shape index (κ3) is 6.26. The van der Waals surface area contributed by atoms with Crippen molar-refractivity contribution >= 4 is 33.2 Å².